The van der Waals surface area contributed by atoms with Crippen LogP contribution in [0.2, 0.25) is 0 Å². The zero-order valence-corrected chi connectivity index (χ0v) is 9.74. The molecule has 88 valence electrons. The van der Waals surface area contributed by atoms with Gasteiger partial charge < -0.3 is 5.11 Å². The summed E-state index contributed by atoms with van der Waals surface area (Å²) in [6, 6.07) is 13.7. The molecule has 3 nitrogen and oxygen atoms in total. The van der Waals surface area contributed by atoms with E-state index >= 15 is 0 Å². The Morgan fingerprint density at radius 1 is 0.889 bits per heavy atom. The fourth-order valence-corrected chi connectivity index (χ4v) is 1.98. The summed E-state index contributed by atoms with van der Waals surface area (Å²) < 4.78 is 0. The third-order valence-corrected chi connectivity index (χ3v) is 2.80. The molecule has 0 atom stereocenters. The highest BCUT2D eigenvalue weighted by Gasteiger charge is 2.03. The predicted molar refractivity (Wildman–Crippen MR) is 73.2 cm³/mol. The van der Waals surface area contributed by atoms with Crippen LogP contribution in [0.15, 0.2) is 48.5 Å². The molecule has 18 heavy (non-hydrogen) atoms. The highest BCUT2D eigenvalue weighted by molar-refractivity contribution is 5.91. The average Bonchev–Trinajstić information content (AvgIpc) is 2.43. The average molecular weight is 236 g/mol. The van der Waals surface area contributed by atoms with E-state index in [1.165, 1.54) is 0 Å². The van der Waals surface area contributed by atoms with E-state index in [1.807, 2.05) is 48.5 Å². The lowest BCUT2D eigenvalue weighted by molar-refractivity contribution is 0.343. The molecule has 3 rings (SSSR count). The minimum atomic E-state index is 0.0252. The van der Waals surface area contributed by atoms with Crippen molar-refractivity contribution in [3.63, 3.8) is 0 Å². The number of hydrogen-bond donors (Lipinski definition) is 1. The third-order valence-electron chi connectivity index (χ3n) is 2.80. The molecule has 2 aromatic carbocycles. The molecule has 0 aliphatic heterocycles. The summed E-state index contributed by atoms with van der Waals surface area (Å²) >= 11 is 0. The van der Waals surface area contributed by atoms with Crippen LogP contribution in [0.1, 0.15) is 5.56 Å². The molecule has 0 fully saturated rings. The second-order valence-electron chi connectivity index (χ2n) is 4.01. The molecular weight excluding hydrogens is 224 g/mol. The molecule has 0 aliphatic rings. The van der Waals surface area contributed by atoms with Gasteiger partial charge >= 0.3 is 0 Å². The number of hydrogen-bond acceptors (Lipinski definition) is 3. The highest BCUT2D eigenvalue weighted by Crippen LogP contribution is 2.20. The second kappa shape index (κ2) is 4.55. The Bertz CT molecular complexity index is 735. The van der Waals surface area contributed by atoms with Crippen LogP contribution in [0, 0.1) is 0 Å². The summed E-state index contributed by atoms with van der Waals surface area (Å²) in [5.74, 6) is 0. The van der Waals surface area contributed by atoms with Crippen molar-refractivity contribution in [3.05, 3.63) is 54.1 Å². The Hall–Kier alpha value is -2.26. The molecule has 0 radical (unpaired) electrons. The van der Waals surface area contributed by atoms with Crippen LogP contribution in [-0.2, 0) is 0 Å². The fraction of sp³-hybridized carbons (Fsp3) is 0.0667. The van der Waals surface area contributed by atoms with Crippen molar-refractivity contribution >= 4 is 28.1 Å². The minimum absolute atomic E-state index is 0.0252. The SMILES string of the molecule is OC/C=C/c1cccc2nc3ccccc3nc12. The third kappa shape index (κ3) is 1.85. The van der Waals surface area contributed by atoms with Crippen LogP contribution < -0.4 is 0 Å². The summed E-state index contributed by atoms with van der Waals surface area (Å²) in [6.45, 7) is 0.0252. The van der Waals surface area contributed by atoms with E-state index < -0.39 is 0 Å². The lowest BCUT2D eigenvalue weighted by Crippen LogP contribution is -1.89. The molecule has 1 aromatic heterocycles. The first kappa shape index (κ1) is 10.9. The number of aliphatic hydroxyl groups excluding tert-OH is 1. The van der Waals surface area contributed by atoms with Gasteiger partial charge in [-0.3, -0.25) is 0 Å². The van der Waals surface area contributed by atoms with Crippen molar-refractivity contribution in [2.45, 2.75) is 0 Å². The molecule has 0 aliphatic carbocycles. The van der Waals surface area contributed by atoms with Gasteiger partial charge in [-0.25, -0.2) is 9.97 Å². The van der Waals surface area contributed by atoms with Gasteiger partial charge in [0.15, 0.2) is 0 Å². The van der Waals surface area contributed by atoms with E-state index in [2.05, 4.69) is 9.97 Å². The summed E-state index contributed by atoms with van der Waals surface area (Å²) in [6.07, 6.45) is 3.57. The monoisotopic (exact) mass is 236 g/mol. The van der Waals surface area contributed by atoms with E-state index in [0.717, 1.165) is 27.6 Å². The Balaban J connectivity index is 2.32. The van der Waals surface area contributed by atoms with Gasteiger partial charge in [-0.05, 0) is 18.2 Å². The van der Waals surface area contributed by atoms with E-state index in [1.54, 1.807) is 6.08 Å². The number of rotatable bonds is 2. The molecule has 0 spiro atoms. The molecule has 0 bridgehead atoms. The van der Waals surface area contributed by atoms with Gasteiger partial charge in [0.2, 0.25) is 0 Å². The number of aliphatic hydroxyl groups is 1. The van der Waals surface area contributed by atoms with Gasteiger partial charge in [0.25, 0.3) is 0 Å². The molecule has 1 heterocycles. The van der Waals surface area contributed by atoms with Crippen LogP contribution in [0.4, 0.5) is 0 Å². The zero-order valence-electron chi connectivity index (χ0n) is 9.74. The van der Waals surface area contributed by atoms with Gasteiger partial charge in [0, 0.05) is 5.56 Å². The minimum Gasteiger partial charge on any atom is -0.392 e. The van der Waals surface area contributed by atoms with Gasteiger partial charge in [0.05, 0.1) is 28.7 Å². The molecule has 0 saturated carbocycles. The molecule has 0 saturated heterocycles. The van der Waals surface area contributed by atoms with Crippen molar-refractivity contribution in [2.24, 2.45) is 0 Å². The van der Waals surface area contributed by atoms with Crippen molar-refractivity contribution < 1.29 is 5.11 Å². The van der Waals surface area contributed by atoms with Crippen LogP contribution in [0.25, 0.3) is 28.1 Å². The zero-order chi connectivity index (χ0) is 12.4. The molecule has 0 amide bonds. The lowest BCUT2D eigenvalue weighted by Gasteiger charge is -2.03. The van der Waals surface area contributed by atoms with Crippen molar-refractivity contribution in [2.75, 3.05) is 6.61 Å². The van der Waals surface area contributed by atoms with Crippen molar-refractivity contribution in [3.8, 4) is 0 Å². The van der Waals surface area contributed by atoms with Gasteiger partial charge in [-0.2, -0.15) is 0 Å². The first-order valence-corrected chi connectivity index (χ1v) is 5.81. The number of para-hydroxylation sites is 3. The van der Waals surface area contributed by atoms with Gasteiger partial charge in [0.1, 0.15) is 0 Å². The quantitative estimate of drug-likeness (QED) is 0.696. The van der Waals surface area contributed by atoms with Crippen molar-refractivity contribution in [1.82, 2.24) is 9.97 Å². The van der Waals surface area contributed by atoms with Crippen LogP contribution in [-0.4, -0.2) is 21.7 Å². The van der Waals surface area contributed by atoms with E-state index in [9.17, 15) is 0 Å². The summed E-state index contributed by atoms with van der Waals surface area (Å²) in [4.78, 5) is 9.22. The lowest BCUT2D eigenvalue weighted by atomic mass is 10.1. The smallest absolute Gasteiger partial charge is 0.0966 e. The van der Waals surface area contributed by atoms with E-state index in [-0.39, 0.29) is 6.61 Å². The Kier molecular flexibility index (Phi) is 2.74. The maximum absolute atomic E-state index is 8.85. The topological polar surface area (TPSA) is 46.0 Å². The number of nitrogens with zero attached hydrogens (tertiary/aromatic N) is 2. The summed E-state index contributed by atoms with van der Waals surface area (Å²) in [7, 11) is 0. The predicted octanol–water partition coefficient (Wildman–Crippen LogP) is 2.79. The first-order chi connectivity index (χ1) is 8.88. The maximum Gasteiger partial charge on any atom is 0.0966 e. The standard InChI is InChI=1S/C15H12N2O/c18-10-4-6-11-5-3-9-14-15(11)17-13-8-2-1-7-12(13)16-14/h1-9,18H,10H2/b6-4+. The van der Waals surface area contributed by atoms with E-state index in [0.29, 0.717) is 0 Å². The molecular formula is C15H12N2O. The van der Waals surface area contributed by atoms with Gasteiger partial charge in [-0.15, -0.1) is 0 Å². The first-order valence-electron chi connectivity index (χ1n) is 5.81. The molecule has 3 heteroatoms. The Morgan fingerprint density at radius 3 is 2.39 bits per heavy atom. The largest absolute Gasteiger partial charge is 0.392 e. The van der Waals surface area contributed by atoms with Gasteiger partial charge in [-0.1, -0.05) is 36.4 Å². The summed E-state index contributed by atoms with van der Waals surface area (Å²) in [5.41, 5.74) is 4.48. The number of benzene rings is 2. The fourth-order valence-electron chi connectivity index (χ4n) is 1.98. The highest BCUT2D eigenvalue weighted by atomic mass is 16.2. The molecule has 0 unspecified atom stereocenters. The Morgan fingerprint density at radius 2 is 1.61 bits per heavy atom. The normalized spacial score (nSPS) is 11.6. The molecule has 1 N–H and O–H groups in total. The second-order valence-corrected chi connectivity index (χ2v) is 4.01. The van der Waals surface area contributed by atoms with Crippen molar-refractivity contribution in [1.29, 1.82) is 0 Å². The van der Waals surface area contributed by atoms with E-state index in [4.69, 9.17) is 5.11 Å². The van der Waals surface area contributed by atoms with Crippen LogP contribution in [0.5, 0.6) is 0 Å². The van der Waals surface area contributed by atoms with Crippen LogP contribution in [0.3, 0.4) is 0 Å². The Labute approximate surface area is 104 Å². The maximum atomic E-state index is 8.85. The number of aromatic nitrogens is 2. The summed E-state index contributed by atoms with van der Waals surface area (Å²) in [5, 5.41) is 8.85. The van der Waals surface area contributed by atoms with Crippen LogP contribution >= 0.6 is 0 Å². The number of fused-ring (bicyclic) bond motifs is 2. The molecule has 3 aromatic rings.